The normalized spacial score (nSPS) is 11.9. The van der Waals surface area contributed by atoms with Crippen LogP contribution in [0.1, 0.15) is 67.3 Å². The zero-order chi connectivity index (χ0) is 27.8. The summed E-state index contributed by atoms with van der Waals surface area (Å²) in [6.45, 7) is 4.96. The number of rotatable bonds is 13. The molecule has 0 aliphatic rings. The van der Waals surface area contributed by atoms with Gasteiger partial charge in [-0.15, -0.1) is 0 Å². The first-order chi connectivity index (χ1) is 18.9. The number of halogens is 1. The van der Waals surface area contributed by atoms with Crippen molar-refractivity contribution in [2.75, 3.05) is 0 Å². The Morgan fingerprint density at radius 2 is 1.69 bits per heavy atom. The van der Waals surface area contributed by atoms with Gasteiger partial charge < -0.3 is 9.84 Å². The third-order valence-electron chi connectivity index (χ3n) is 6.57. The van der Waals surface area contributed by atoms with E-state index >= 15 is 0 Å². The van der Waals surface area contributed by atoms with Gasteiger partial charge in [-0.1, -0.05) is 99.0 Å². The second-order valence-corrected chi connectivity index (χ2v) is 9.99. The fraction of sp³-hybridized carbons (Fsp3) is 0.323. The number of ether oxygens (including phenoxy) is 1. The van der Waals surface area contributed by atoms with Crippen LogP contribution in [0.25, 0.3) is 0 Å². The molecule has 1 aromatic heterocycles. The van der Waals surface area contributed by atoms with Crippen molar-refractivity contribution in [1.82, 2.24) is 14.3 Å². The number of aryl methyl sites for hydroxylation is 2. The Balaban J connectivity index is 1.64. The topological polar surface area (TPSA) is 86.4 Å². The summed E-state index contributed by atoms with van der Waals surface area (Å²) in [4.78, 5) is 25.5. The van der Waals surface area contributed by atoms with Crippen LogP contribution in [0.3, 0.4) is 0 Å². The Labute approximate surface area is 233 Å². The number of unbranched alkanes of at least 4 members (excludes halogenated alkanes) is 1. The molecule has 0 aliphatic carbocycles. The van der Waals surface area contributed by atoms with Gasteiger partial charge >= 0.3 is 11.7 Å². The van der Waals surface area contributed by atoms with Gasteiger partial charge in [-0.2, -0.15) is 5.10 Å². The maximum absolute atomic E-state index is 13.4. The first kappa shape index (κ1) is 28.2. The van der Waals surface area contributed by atoms with E-state index < -0.39 is 12.1 Å². The molecule has 0 saturated heterocycles. The van der Waals surface area contributed by atoms with Crippen molar-refractivity contribution >= 4 is 17.6 Å². The lowest BCUT2D eigenvalue weighted by molar-refractivity contribution is -0.145. The Kier molecular flexibility index (Phi) is 9.60. The molecule has 39 heavy (non-hydrogen) atoms. The lowest BCUT2D eigenvalue weighted by Crippen LogP contribution is -2.26. The van der Waals surface area contributed by atoms with Crippen molar-refractivity contribution in [3.8, 4) is 5.75 Å². The van der Waals surface area contributed by atoms with Crippen molar-refractivity contribution in [3.05, 3.63) is 116 Å². The first-order valence-electron chi connectivity index (χ1n) is 13.4. The summed E-state index contributed by atoms with van der Waals surface area (Å²) in [5.41, 5.74) is 3.08. The van der Waals surface area contributed by atoms with Gasteiger partial charge in [0, 0.05) is 17.0 Å². The monoisotopic (exact) mass is 547 g/mol. The van der Waals surface area contributed by atoms with Crippen LogP contribution < -0.4 is 10.4 Å². The minimum atomic E-state index is -1.24. The number of carboxylic acid groups (broad SMARTS) is 1. The quantitative estimate of drug-likeness (QED) is 0.212. The van der Waals surface area contributed by atoms with Gasteiger partial charge in [-0.25, -0.2) is 14.3 Å². The molecular weight excluding hydrogens is 514 g/mol. The van der Waals surface area contributed by atoms with Crippen molar-refractivity contribution in [1.29, 1.82) is 0 Å². The van der Waals surface area contributed by atoms with Crippen LogP contribution in [0, 0.1) is 0 Å². The molecule has 204 valence electrons. The van der Waals surface area contributed by atoms with Gasteiger partial charge in [0.2, 0.25) is 6.10 Å². The zero-order valence-electron chi connectivity index (χ0n) is 22.3. The first-order valence-corrected chi connectivity index (χ1v) is 13.7. The average molecular weight is 548 g/mol. The van der Waals surface area contributed by atoms with Crippen molar-refractivity contribution in [2.24, 2.45) is 0 Å². The number of benzene rings is 3. The lowest BCUT2D eigenvalue weighted by Gasteiger charge is -2.19. The van der Waals surface area contributed by atoms with Crippen LogP contribution in [-0.4, -0.2) is 25.4 Å². The summed E-state index contributed by atoms with van der Waals surface area (Å²) in [6.07, 6.45) is 2.97. The molecule has 0 radical (unpaired) electrons. The molecule has 4 aromatic rings. The Morgan fingerprint density at radius 3 is 2.38 bits per heavy atom. The highest BCUT2D eigenvalue weighted by molar-refractivity contribution is 6.31. The number of nitrogens with zero attached hydrogens (tertiary/aromatic N) is 3. The number of carbonyl (C=O) groups is 1. The van der Waals surface area contributed by atoms with Crippen LogP contribution in [0.2, 0.25) is 5.02 Å². The predicted molar refractivity (Wildman–Crippen MR) is 153 cm³/mol. The van der Waals surface area contributed by atoms with E-state index in [9.17, 15) is 14.7 Å². The number of aromatic nitrogens is 3. The number of hydrogen-bond donors (Lipinski definition) is 1. The largest absolute Gasteiger partial charge is 0.478 e. The van der Waals surface area contributed by atoms with Crippen LogP contribution >= 0.6 is 11.6 Å². The van der Waals surface area contributed by atoms with Crippen LogP contribution in [0.5, 0.6) is 5.75 Å². The minimum Gasteiger partial charge on any atom is -0.478 e. The molecule has 1 N–H and O–H groups in total. The van der Waals surface area contributed by atoms with Crippen LogP contribution in [0.15, 0.2) is 77.6 Å². The molecule has 7 nitrogen and oxygen atoms in total. The molecular formula is C31H34ClN3O4. The van der Waals surface area contributed by atoms with E-state index in [4.69, 9.17) is 16.3 Å². The highest BCUT2D eigenvalue weighted by Gasteiger charge is 2.25. The van der Waals surface area contributed by atoms with Crippen molar-refractivity contribution < 1.29 is 14.6 Å². The highest BCUT2D eigenvalue weighted by atomic mass is 35.5. The summed E-state index contributed by atoms with van der Waals surface area (Å²) in [7, 11) is 0. The molecule has 3 aromatic carbocycles. The zero-order valence-corrected chi connectivity index (χ0v) is 23.1. The van der Waals surface area contributed by atoms with Crippen molar-refractivity contribution in [3.63, 3.8) is 0 Å². The number of aliphatic carboxylic acids is 1. The smallest absolute Gasteiger partial charge is 0.349 e. The van der Waals surface area contributed by atoms with Gasteiger partial charge in [0.15, 0.2) is 0 Å². The molecule has 0 spiro atoms. The molecule has 4 rings (SSSR count). The van der Waals surface area contributed by atoms with Gasteiger partial charge in [0.05, 0.1) is 13.1 Å². The predicted octanol–water partition coefficient (Wildman–Crippen LogP) is 6.29. The fourth-order valence-corrected chi connectivity index (χ4v) is 4.81. The summed E-state index contributed by atoms with van der Waals surface area (Å²) >= 11 is 6.28. The minimum absolute atomic E-state index is 0.146. The number of hydrogen-bond acceptors (Lipinski definition) is 4. The molecule has 0 fully saturated rings. The summed E-state index contributed by atoms with van der Waals surface area (Å²) in [5.74, 6) is 0.138. The maximum Gasteiger partial charge on any atom is 0.349 e. The molecule has 1 unspecified atom stereocenters. The second kappa shape index (κ2) is 13.3. The average Bonchev–Trinajstić information content (AvgIpc) is 3.21. The molecule has 1 atom stereocenters. The number of carboxylic acids is 1. The molecule has 0 saturated carbocycles. The van der Waals surface area contributed by atoms with Crippen LogP contribution in [-0.2, 0) is 30.7 Å². The Hall–Kier alpha value is -3.84. The molecule has 0 aliphatic heterocycles. The van der Waals surface area contributed by atoms with E-state index in [0.29, 0.717) is 42.3 Å². The van der Waals surface area contributed by atoms with E-state index in [2.05, 4.69) is 18.9 Å². The van der Waals surface area contributed by atoms with E-state index in [-0.39, 0.29) is 5.69 Å². The van der Waals surface area contributed by atoms with Gasteiger partial charge in [0.25, 0.3) is 0 Å². The molecule has 1 heterocycles. The fourth-order valence-electron chi connectivity index (χ4n) is 4.58. The van der Waals surface area contributed by atoms with E-state index in [1.54, 1.807) is 34.9 Å². The SMILES string of the molecule is CCCCc1nn(Cc2ccccc2)c(=O)n1Cc1ccc(OC(C(=O)O)c2ccccc2Cl)c(CCC)c1. The van der Waals surface area contributed by atoms with Gasteiger partial charge in [0.1, 0.15) is 11.6 Å². The second-order valence-electron chi connectivity index (χ2n) is 9.58. The van der Waals surface area contributed by atoms with Gasteiger partial charge in [-0.05, 0) is 41.7 Å². The van der Waals surface area contributed by atoms with E-state index in [1.807, 2.05) is 42.5 Å². The molecule has 0 bridgehead atoms. The Morgan fingerprint density at radius 1 is 0.949 bits per heavy atom. The summed E-state index contributed by atoms with van der Waals surface area (Å²) in [6, 6.07) is 22.3. The van der Waals surface area contributed by atoms with E-state index in [0.717, 1.165) is 41.8 Å². The van der Waals surface area contributed by atoms with Gasteiger partial charge in [-0.3, -0.25) is 4.57 Å². The standard InChI is InChI=1S/C31H34ClN3O4/c1-3-5-16-28-33-35(21-22-12-7-6-8-13-22)31(38)34(28)20-23-17-18-27(24(19-23)11-4-2)39-29(30(36)37)25-14-9-10-15-26(25)32/h6-10,12-15,17-19,29H,3-5,11,16,20-21H2,1-2H3,(H,36,37). The van der Waals surface area contributed by atoms with Crippen LogP contribution in [0.4, 0.5) is 0 Å². The lowest BCUT2D eigenvalue weighted by atomic mass is 10.0. The Bertz CT molecular complexity index is 1460. The van der Waals surface area contributed by atoms with Crippen molar-refractivity contribution in [2.45, 2.75) is 65.1 Å². The summed E-state index contributed by atoms with van der Waals surface area (Å²) in [5, 5.41) is 14.9. The molecule has 0 amide bonds. The molecule has 8 heteroatoms. The van der Waals surface area contributed by atoms with E-state index in [1.165, 1.54) is 4.68 Å². The third-order valence-corrected chi connectivity index (χ3v) is 6.91. The summed E-state index contributed by atoms with van der Waals surface area (Å²) < 4.78 is 9.31. The highest BCUT2D eigenvalue weighted by Crippen LogP contribution is 2.31. The third kappa shape index (κ3) is 6.98. The maximum atomic E-state index is 13.4.